The quantitative estimate of drug-likeness (QED) is 0.679. The maximum atomic E-state index is 12.2. The molecule has 0 saturated carbocycles. The van der Waals surface area contributed by atoms with Gasteiger partial charge < -0.3 is 15.2 Å². The van der Waals surface area contributed by atoms with Gasteiger partial charge >= 0.3 is 12.6 Å². The summed E-state index contributed by atoms with van der Waals surface area (Å²) in [5, 5.41) is 12.5. The Hall–Kier alpha value is -1.21. The first-order chi connectivity index (χ1) is 10.3. The van der Waals surface area contributed by atoms with Crippen LogP contribution in [-0.2, 0) is 11.3 Å². The van der Waals surface area contributed by atoms with E-state index in [9.17, 15) is 18.7 Å². The zero-order valence-corrected chi connectivity index (χ0v) is 14.1. The summed E-state index contributed by atoms with van der Waals surface area (Å²) in [6.07, 6.45) is 1.08. The van der Waals surface area contributed by atoms with Crippen molar-refractivity contribution < 1.29 is 23.4 Å². The molecule has 22 heavy (non-hydrogen) atoms. The molecule has 1 rings (SSSR count). The predicted octanol–water partition coefficient (Wildman–Crippen LogP) is 4.03. The van der Waals surface area contributed by atoms with E-state index in [0.29, 0.717) is 30.4 Å². The van der Waals surface area contributed by atoms with Crippen LogP contribution in [0.2, 0.25) is 0 Å². The van der Waals surface area contributed by atoms with E-state index in [4.69, 9.17) is 0 Å². The Balaban J connectivity index is 2.65. The summed E-state index contributed by atoms with van der Waals surface area (Å²) < 4.78 is 29.1. The summed E-state index contributed by atoms with van der Waals surface area (Å²) in [5.74, 6) is -0.743. The van der Waals surface area contributed by atoms with Gasteiger partial charge in [0.25, 0.3) is 0 Å². The number of hydrogen-bond donors (Lipinski definition) is 2. The van der Waals surface area contributed by atoms with E-state index in [1.165, 1.54) is 6.07 Å². The van der Waals surface area contributed by atoms with Gasteiger partial charge in [-0.3, -0.25) is 4.79 Å². The van der Waals surface area contributed by atoms with Gasteiger partial charge in [-0.2, -0.15) is 8.78 Å². The molecule has 0 aromatic heterocycles. The molecule has 0 saturated heterocycles. The maximum Gasteiger partial charge on any atom is 0.387 e. The lowest BCUT2D eigenvalue weighted by Gasteiger charge is -2.27. The van der Waals surface area contributed by atoms with Crippen molar-refractivity contribution in [3.05, 3.63) is 28.2 Å². The highest BCUT2D eigenvalue weighted by molar-refractivity contribution is 9.10. The molecule has 0 amide bonds. The van der Waals surface area contributed by atoms with Crippen LogP contribution in [0.25, 0.3) is 0 Å². The molecule has 0 fully saturated rings. The first-order valence-electron chi connectivity index (χ1n) is 7.02. The number of aliphatic carboxylic acids is 1. The van der Waals surface area contributed by atoms with Crippen molar-refractivity contribution in [1.29, 1.82) is 0 Å². The average molecular weight is 380 g/mol. The Morgan fingerprint density at radius 3 is 2.50 bits per heavy atom. The minimum absolute atomic E-state index is 0.0701. The summed E-state index contributed by atoms with van der Waals surface area (Å²) in [6, 6.07) is 4.79. The normalized spacial score (nSPS) is 11.7. The van der Waals surface area contributed by atoms with Crippen LogP contribution in [0.3, 0.4) is 0 Å². The van der Waals surface area contributed by atoms with Gasteiger partial charge in [-0.05, 0) is 46.5 Å². The van der Waals surface area contributed by atoms with Crippen LogP contribution >= 0.6 is 15.9 Å². The van der Waals surface area contributed by atoms with Crippen molar-refractivity contribution in [2.24, 2.45) is 5.41 Å². The second kappa shape index (κ2) is 8.43. The van der Waals surface area contributed by atoms with Crippen LogP contribution in [0.1, 0.15) is 32.3 Å². The second-order valence-corrected chi connectivity index (χ2v) is 5.89. The number of nitrogens with one attached hydrogen (secondary N) is 1. The highest BCUT2D eigenvalue weighted by atomic mass is 79.9. The van der Waals surface area contributed by atoms with E-state index in [2.05, 4.69) is 26.0 Å². The van der Waals surface area contributed by atoms with E-state index in [-0.39, 0.29) is 5.75 Å². The Morgan fingerprint density at radius 1 is 1.41 bits per heavy atom. The molecule has 0 spiro atoms. The topological polar surface area (TPSA) is 58.6 Å². The highest BCUT2D eigenvalue weighted by Gasteiger charge is 2.34. The van der Waals surface area contributed by atoms with E-state index >= 15 is 0 Å². The second-order valence-electron chi connectivity index (χ2n) is 5.04. The zero-order chi connectivity index (χ0) is 16.8. The van der Waals surface area contributed by atoms with E-state index in [1.54, 1.807) is 12.1 Å². The predicted molar refractivity (Wildman–Crippen MR) is 83.1 cm³/mol. The lowest BCUT2D eigenvalue weighted by molar-refractivity contribution is -0.149. The van der Waals surface area contributed by atoms with Crippen LogP contribution in [0.15, 0.2) is 22.7 Å². The monoisotopic (exact) mass is 379 g/mol. The third kappa shape index (κ3) is 4.91. The van der Waals surface area contributed by atoms with Crippen LogP contribution in [-0.4, -0.2) is 24.2 Å². The fraction of sp³-hybridized carbons (Fsp3) is 0.533. The van der Waals surface area contributed by atoms with Gasteiger partial charge in [0.15, 0.2) is 0 Å². The van der Waals surface area contributed by atoms with E-state index < -0.39 is 18.0 Å². The summed E-state index contributed by atoms with van der Waals surface area (Å²) in [7, 11) is 0. The standard InChI is InChI=1S/C15H20BrF2NO3/c1-3-15(4-2,13(20)21)9-19-8-10-5-6-12(11(16)7-10)22-14(17)18/h5-7,14,19H,3-4,8-9H2,1-2H3,(H,20,21). The van der Waals surface area contributed by atoms with Gasteiger partial charge in [0.2, 0.25) is 0 Å². The maximum absolute atomic E-state index is 12.2. The van der Waals surface area contributed by atoms with Crippen molar-refractivity contribution in [2.75, 3.05) is 6.54 Å². The Bertz CT molecular complexity index is 508. The Morgan fingerprint density at radius 2 is 2.05 bits per heavy atom. The lowest BCUT2D eigenvalue weighted by Crippen LogP contribution is -2.40. The molecule has 0 aliphatic carbocycles. The van der Waals surface area contributed by atoms with Crippen molar-refractivity contribution in [3.63, 3.8) is 0 Å². The summed E-state index contributed by atoms with van der Waals surface area (Å²) in [6.45, 7) is 1.63. The van der Waals surface area contributed by atoms with Gasteiger partial charge in [0, 0.05) is 13.1 Å². The molecule has 124 valence electrons. The molecular formula is C15H20BrF2NO3. The van der Waals surface area contributed by atoms with Crippen LogP contribution in [0.5, 0.6) is 5.75 Å². The number of carboxylic acid groups (broad SMARTS) is 1. The summed E-state index contributed by atoms with van der Waals surface area (Å²) >= 11 is 3.18. The first-order valence-corrected chi connectivity index (χ1v) is 7.81. The number of rotatable bonds is 9. The summed E-state index contributed by atoms with van der Waals surface area (Å²) in [5.41, 5.74) is 0.0654. The molecule has 0 unspecified atom stereocenters. The molecule has 1 aromatic carbocycles. The van der Waals surface area contributed by atoms with Gasteiger partial charge in [-0.15, -0.1) is 0 Å². The van der Waals surface area contributed by atoms with Crippen LogP contribution in [0, 0.1) is 5.41 Å². The number of hydrogen-bond acceptors (Lipinski definition) is 3. The SMILES string of the molecule is CCC(CC)(CNCc1ccc(OC(F)F)c(Br)c1)C(=O)O. The van der Waals surface area contributed by atoms with E-state index in [0.717, 1.165) is 5.56 Å². The van der Waals surface area contributed by atoms with Crippen LogP contribution < -0.4 is 10.1 Å². The zero-order valence-electron chi connectivity index (χ0n) is 12.5. The average Bonchev–Trinajstić information content (AvgIpc) is 2.46. The summed E-state index contributed by atoms with van der Waals surface area (Å²) in [4.78, 5) is 11.4. The molecule has 0 heterocycles. The molecule has 0 aliphatic heterocycles. The van der Waals surface area contributed by atoms with Crippen molar-refractivity contribution >= 4 is 21.9 Å². The van der Waals surface area contributed by atoms with Gasteiger partial charge in [0.05, 0.1) is 9.89 Å². The molecule has 0 bridgehead atoms. The minimum Gasteiger partial charge on any atom is -0.481 e. The molecule has 0 atom stereocenters. The molecule has 0 aliphatic rings. The smallest absolute Gasteiger partial charge is 0.387 e. The van der Waals surface area contributed by atoms with Crippen molar-refractivity contribution in [2.45, 2.75) is 39.8 Å². The fourth-order valence-corrected chi connectivity index (χ4v) is 2.69. The number of alkyl halides is 2. The fourth-order valence-electron chi connectivity index (χ4n) is 2.17. The van der Waals surface area contributed by atoms with Gasteiger partial charge in [0.1, 0.15) is 5.75 Å². The number of carboxylic acids is 1. The lowest BCUT2D eigenvalue weighted by atomic mass is 9.82. The number of carbonyl (C=O) groups is 1. The Kier molecular flexibility index (Phi) is 7.22. The highest BCUT2D eigenvalue weighted by Crippen LogP contribution is 2.28. The number of benzene rings is 1. The number of halogens is 3. The largest absolute Gasteiger partial charge is 0.481 e. The molecule has 2 N–H and O–H groups in total. The minimum atomic E-state index is -2.87. The third-order valence-electron chi connectivity index (χ3n) is 3.81. The first kappa shape index (κ1) is 18.8. The van der Waals surface area contributed by atoms with Gasteiger partial charge in [-0.1, -0.05) is 19.9 Å². The molecular weight excluding hydrogens is 360 g/mol. The van der Waals surface area contributed by atoms with Crippen molar-refractivity contribution in [1.82, 2.24) is 5.32 Å². The van der Waals surface area contributed by atoms with Crippen molar-refractivity contribution in [3.8, 4) is 5.75 Å². The molecule has 4 nitrogen and oxygen atoms in total. The van der Waals surface area contributed by atoms with Crippen LogP contribution in [0.4, 0.5) is 8.78 Å². The third-order valence-corrected chi connectivity index (χ3v) is 4.43. The van der Waals surface area contributed by atoms with E-state index in [1.807, 2.05) is 13.8 Å². The number of ether oxygens (including phenoxy) is 1. The molecule has 0 radical (unpaired) electrons. The molecule has 7 heteroatoms. The van der Waals surface area contributed by atoms with Gasteiger partial charge in [-0.25, -0.2) is 0 Å². The Labute approximate surface area is 137 Å². The molecule has 1 aromatic rings.